The molecule has 1 heterocycles. The molecule has 0 saturated heterocycles. The third kappa shape index (κ3) is 4.38. The molecule has 1 N–H and O–H groups in total. The van der Waals surface area contributed by atoms with Gasteiger partial charge in [-0.2, -0.15) is 0 Å². The maximum atomic E-state index is 11.2. The molecule has 0 amide bonds. The van der Waals surface area contributed by atoms with E-state index in [1.165, 1.54) is 18.2 Å². The fourth-order valence-electron chi connectivity index (χ4n) is 2.26. The largest absolute Gasteiger partial charge is 0.493 e. The zero-order valence-corrected chi connectivity index (χ0v) is 13.3. The van der Waals surface area contributed by atoms with Gasteiger partial charge >= 0.3 is 11.6 Å². The number of aromatic carboxylic acids is 1. The summed E-state index contributed by atoms with van der Waals surface area (Å²) in [6.45, 7) is 0.880. The Hall–Kier alpha value is -3.28. The first-order valence-corrected chi connectivity index (χ1v) is 7.75. The maximum absolute atomic E-state index is 11.2. The van der Waals surface area contributed by atoms with E-state index in [-0.39, 0.29) is 5.56 Å². The highest BCUT2D eigenvalue weighted by atomic mass is 16.5. The lowest BCUT2D eigenvalue weighted by atomic mass is 10.2. The molecular weight excluding hydrogens is 324 g/mol. The van der Waals surface area contributed by atoms with Crippen LogP contribution in [0.3, 0.4) is 0 Å². The van der Waals surface area contributed by atoms with Crippen LogP contribution in [0.15, 0.2) is 63.8 Å². The molecule has 2 aromatic carbocycles. The lowest BCUT2D eigenvalue weighted by Gasteiger charge is -2.08. The Balaban J connectivity index is 1.46. The van der Waals surface area contributed by atoms with Crippen LogP contribution < -0.4 is 15.1 Å². The van der Waals surface area contributed by atoms with Gasteiger partial charge < -0.3 is 19.0 Å². The number of fused-ring (bicyclic) bond motifs is 1. The summed E-state index contributed by atoms with van der Waals surface area (Å²) in [4.78, 5) is 22.0. The number of benzene rings is 2. The van der Waals surface area contributed by atoms with Crippen LogP contribution in [0.25, 0.3) is 11.0 Å². The molecule has 128 valence electrons. The van der Waals surface area contributed by atoms with Crippen LogP contribution in [0.1, 0.15) is 16.8 Å². The van der Waals surface area contributed by atoms with Gasteiger partial charge in [-0.3, -0.25) is 0 Å². The van der Waals surface area contributed by atoms with E-state index >= 15 is 0 Å². The lowest BCUT2D eigenvalue weighted by molar-refractivity contribution is 0.0697. The minimum absolute atomic E-state index is 0.221. The van der Waals surface area contributed by atoms with Crippen LogP contribution in [0, 0.1) is 0 Å². The monoisotopic (exact) mass is 340 g/mol. The number of carbonyl (C=O) groups is 1. The van der Waals surface area contributed by atoms with Gasteiger partial charge in [0.2, 0.25) is 0 Å². The van der Waals surface area contributed by atoms with Gasteiger partial charge in [0.15, 0.2) is 0 Å². The number of carboxylic acids is 1. The van der Waals surface area contributed by atoms with E-state index < -0.39 is 11.6 Å². The van der Waals surface area contributed by atoms with Crippen molar-refractivity contribution in [2.75, 3.05) is 13.2 Å². The summed E-state index contributed by atoms with van der Waals surface area (Å²) in [5.41, 5.74) is 0.311. The highest BCUT2D eigenvalue weighted by molar-refractivity contribution is 5.87. The summed E-state index contributed by atoms with van der Waals surface area (Å²) in [6, 6.07) is 14.6. The third-order valence-corrected chi connectivity index (χ3v) is 3.52. The zero-order chi connectivity index (χ0) is 17.6. The van der Waals surface area contributed by atoms with Crippen molar-refractivity contribution in [3.8, 4) is 11.5 Å². The van der Waals surface area contributed by atoms with Crippen LogP contribution in [-0.2, 0) is 0 Å². The van der Waals surface area contributed by atoms with E-state index in [1.54, 1.807) is 24.3 Å². The van der Waals surface area contributed by atoms with Crippen LogP contribution >= 0.6 is 0 Å². The van der Waals surface area contributed by atoms with E-state index in [4.69, 9.17) is 19.0 Å². The third-order valence-electron chi connectivity index (χ3n) is 3.52. The van der Waals surface area contributed by atoms with Crippen molar-refractivity contribution in [1.29, 1.82) is 0 Å². The van der Waals surface area contributed by atoms with E-state index in [2.05, 4.69) is 0 Å². The molecule has 0 atom stereocenters. The molecular formula is C19H16O6. The van der Waals surface area contributed by atoms with Crippen molar-refractivity contribution in [2.45, 2.75) is 6.42 Å². The molecule has 0 radical (unpaired) electrons. The second-order valence-corrected chi connectivity index (χ2v) is 5.33. The van der Waals surface area contributed by atoms with Gasteiger partial charge in [-0.25, -0.2) is 9.59 Å². The predicted molar refractivity (Wildman–Crippen MR) is 91.5 cm³/mol. The van der Waals surface area contributed by atoms with Crippen molar-refractivity contribution in [1.82, 2.24) is 0 Å². The first kappa shape index (κ1) is 16.6. The molecule has 6 nitrogen and oxygen atoms in total. The quantitative estimate of drug-likeness (QED) is 0.524. The van der Waals surface area contributed by atoms with Crippen LogP contribution in [0.5, 0.6) is 11.5 Å². The molecule has 0 aliphatic carbocycles. The smallest absolute Gasteiger partial charge is 0.336 e. The minimum atomic E-state index is -0.967. The molecule has 0 aliphatic heterocycles. The summed E-state index contributed by atoms with van der Waals surface area (Å²) in [7, 11) is 0. The second kappa shape index (κ2) is 7.53. The molecule has 0 unspecified atom stereocenters. The molecule has 25 heavy (non-hydrogen) atoms. The van der Waals surface area contributed by atoms with Crippen molar-refractivity contribution in [3.63, 3.8) is 0 Å². The highest BCUT2D eigenvalue weighted by Gasteiger charge is 2.03. The first-order chi connectivity index (χ1) is 12.1. The molecule has 3 aromatic rings. The van der Waals surface area contributed by atoms with Gasteiger partial charge in [-0.15, -0.1) is 0 Å². The topological polar surface area (TPSA) is 86.0 Å². The molecule has 3 rings (SSSR count). The van der Waals surface area contributed by atoms with Crippen molar-refractivity contribution in [2.24, 2.45) is 0 Å². The maximum Gasteiger partial charge on any atom is 0.336 e. The van der Waals surface area contributed by atoms with E-state index in [0.29, 0.717) is 36.7 Å². The van der Waals surface area contributed by atoms with Gasteiger partial charge in [0, 0.05) is 23.9 Å². The molecule has 0 spiro atoms. The van der Waals surface area contributed by atoms with Crippen molar-refractivity contribution >= 4 is 16.9 Å². The molecule has 0 saturated carbocycles. The van der Waals surface area contributed by atoms with E-state index in [0.717, 1.165) is 5.39 Å². The molecule has 0 fully saturated rings. The number of hydrogen-bond donors (Lipinski definition) is 1. The Bertz CT molecular complexity index is 927. The van der Waals surface area contributed by atoms with Gasteiger partial charge in [-0.05, 0) is 42.5 Å². The molecule has 6 heteroatoms. The first-order valence-electron chi connectivity index (χ1n) is 7.75. The standard InChI is InChI=1S/C19H16O6/c20-18-9-5-13-2-8-16(12-17(13)25-18)24-11-1-10-23-15-6-3-14(4-7-15)19(21)22/h2-9,12H,1,10-11H2,(H,21,22). The SMILES string of the molecule is O=C(O)c1ccc(OCCCOc2ccc3ccc(=O)oc3c2)cc1. The Morgan fingerprint density at radius 1 is 0.920 bits per heavy atom. The Kier molecular flexibility index (Phi) is 4.99. The molecule has 1 aromatic heterocycles. The van der Waals surface area contributed by atoms with E-state index in [1.807, 2.05) is 12.1 Å². The van der Waals surface area contributed by atoms with Crippen molar-refractivity contribution < 1.29 is 23.8 Å². The normalized spacial score (nSPS) is 10.6. The molecule has 0 aliphatic rings. The van der Waals surface area contributed by atoms with Gasteiger partial charge in [0.05, 0.1) is 18.8 Å². The fourth-order valence-corrected chi connectivity index (χ4v) is 2.26. The lowest BCUT2D eigenvalue weighted by Crippen LogP contribution is -2.05. The van der Waals surface area contributed by atoms with Crippen molar-refractivity contribution in [3.05, 3.63) is 70.6 Å². The van der Waals surface area contributed by atoms with Crippen LogP contribution in [-0.4, -0.2) is 24.3 Å². The summed E-state index contributed by atoms with van der Waals surface area (Å²) in [6.07, 6.45) is 0.650. The Morgan fingerprint density at radius 3 is 2.28 bits per heavy atom. The summed E-state index contributed by atoms with van der Waals surface area (Å²) < 4.78 is 16.3. The zero-order valence-electron chi connectivity index (χ0n) is 13.3. The van der Waals surface area contributed by atoms with Gasteiger partial charge in [0.25, 0.3) is 0 Å². The van der Waals surface area contributed by atoms with Crippen LogP contribution in [0.2, 0.25) is 0 Å². The number of carboxylic acid groups (broad SMARTS) is 1. The second-order valence-electron chi connectivity index (χ2n) is 5.33. The average molecular weight is 340 g/mol. The molecule has 0 bridgehead atoms. The van der Waals surface area contributed by atoms with Crippen LogP contribution in [0.4, 0.5) is 0 Å². The highest BCUT2D eigenvalue weighted by Crippen LogP contribution is 2.19. The Labute approximate surface area is 143 Å². The van der Waals surface area contributed by atoms with E-state index in [9.17, 15) is 9.59 Å². The van der Waals surface area contributed by atoms with Gasteiger partial charge in [-0.1, -0.05) is 0 Å². The fraction of sp³-hybridized carbons (Fsp3) is 0.158. The number of rotatable bonds is 7. The summed E-state index contributed by atoms with van der Waals surface area (Å²) in [5, 5.41) is 9.66. The predicted octanol–water partition coefficient (Wildman–Crippen LogP) is 3.34. The summed E-state index contributed by atoms with van der Waals surface area (Å²) >= 11 is 0. The number of ether oxygens (including phenoxy) is 2. The Morgan fingerprint density at radius 2 is 1.56 bits per heavy atom. The number of hydrogen-bond acceptors (Lipinski definition) is 5. The summed E-state index contributed by atoms with van der Waals surface area (Å²) in [5.74, 6) is 0.260. The van der Waals surface area contributed by atoms with Gasteiger partial charge in [0.1, 0.15) is 17.1 Å². The minimum Gasteiger partial charge on any atom is -0.493 e. The average Bonchev–Trinajstić information content (AvgIpc) is 2.61.